The van der Waals surface area contributed by atoms with Crippen molar-refractivity contribution in [3.8, 4) is 0 Å². The third kappa shape index (κ3) is 2.23. The number of halogens is 1. The van der Waals surface area contributed by atoms with E-state index in [1.807, 2.05) is 34.7 Å². The molecule has 2 heterocycles. The molecule has 0 aromatic rings. The molecule has 0 atom stereocenters. The summed E-state index contributed by atoms with van der Waals surface area (Å²) < 4.78 is 26.1. The van der Waals surface area contributed by atoms with Gasteiger partial charge in [-0.15, -0.1) is 0 Å². The molecule has 6 heteroatoms. The number of carbonyl (C=O) groups is 1. The fourth-order valence-electron chi connectivity index (χ4n) is 3.48. The monoisotopic (exact) mass is 295 g/mol. The van der Waals surface area contributed by atoms with Crippen LogP contribution in [0.3, 0.4) is 0 Å². The van der Waals surface area contributed by atoms with Gasteiger partial charge in [0.1, 0.15) is 5.73 Å². The number of nitrogens with zero attached hydrogens (tertiary/aromatic N) is 1. The van der Waals surface area contributed by atoms with Crippen molar-refractivity contribution in [1.82, 2.24) is 4.90 Å². The van der Waals surface area contributed by atoms with Crippen LogP contribution in [-0.2, 0) is 14.1 Å². The second-order valence-electron chi connectivity index (χ2n) is 7.82. The Morgan fingerprint density at radius 1 is 1.14 bits per heavy atom. The van der Waals surface area contributed by atoms with Gasteiger partial charge in [-0.25, -0.2) is 4.39 Å². The lowest BCUT2D eigenvalue weighted by molar-refractivity contribution is -0.126. The fourth-order valence-corrected chi connectivity index (χ4v) is 3.48. The first-order chi connectivity index (χ1) is 9.55. The Morgan fingerprint density at radius 3 is 2.10 bits per heavy atom. The summed E-state index contributed by atoms with van der Waals surface area (Å²) in [6.07, 6.45) is 1.81. The van der Waals surface area contributed by atoms with E-state index in [0.29, 0.717) is 19.3 Å². The van der Waals surface area contributed by atoms with Crippen molar-refractivity contribution in [1.29, 1.82) is 0 Å². The molecule has 3 aliphatic rings. The van der Waals surface area contributed by atoms with Crippen LogP contribution in [0, 0.1) is 5.41 Å². The zero-order chi connectivity index (χ0) is 15.6. The Balaban J connectivity index is 1.71. The number of amides is 1. The summed E-state index contributed by atoms with van der Waals surface area (Å²) >= 11 is 0. The molecule has 0 aromatic heterocycles. The van der Waals surface area contributed by atoms with Crippen LogP contribution < -0.4 is 0 Å². The summed E-state index contributed by atoms with van der Waals surface area (Å²) in [5.74, 6) is 0.157. The second-order valence-corrected chi connectivity index (χ2v) is 7.82. The van der Waals surface area contributed by atoms with Gasteiger partial charge in [-0.3, -0.25) is 4.79 Å². The van der Waals surface area contributed by atoms with E-state index in [2.05, 4.69) is 0 Å². The van der Waals surface area contributed by atoms with Gasteiger partial charge in [0.2, 0.25) is 5.91 Å². The minimum Gasteiger partial charge on any atom is -0.398 e. The molecule has 0 N–H and O–H groups in total. The second kappa shape index (κ2) is 4.32. The molecule has 0 unspecified atom stereocenters. The van der Waals surface area contributed by atoms with Gasteiger partial charge < -0.3 is 14.2 Å². The number of hydrogen-bond donors (Lipinski definition) is 0. The summed E-state index contributed by atoms with van der Waals surface area (Å²) in [4.78, 5) is 13.4. The number of likely N-dealkylation sites (tertiary alicyclic amines) is 1. The predicted octanol–water partition coefficient (Wildman–Crippen LogP) is 2.48. The maximum absolute atomic E-state index is 14.6. The first kappa shape index (κ1) is 15.0. The maximum Gasteiger partial charge on any atom is 0.525 e. The topological polar surface area (TPSA) is 38.8 Å². The van der Waals surface area contributed by atoms with Gasteiger partial charge in [0, 0.05) is 25.4 Å². The van der Waals surface area contributed by atoms with Crippen LogP contribution in [0.1, 0.15) is 47.0 Å². The highest BCUT2D eigenvalue weighted by Crippen LogP contribution is 2.53. The van der Waals surface area contributed by atoms with Gasteiger partial charge in [0.05, 0.1) is 11.2 Å². The van der Waals surface area contributed by atoms with Gasteiger partial charge >= 0.3 is 7.12 Å². The zero-order valence-electron chi connectivity index (χ0n) is 13.5. The van der Waals surface area contributed by atoms with Crippen LogP contribution in [0.2, 0.25) is 0 Å². The van der Waals surface area contributed by atoms with Crippen molar-refractivity contribution in [3.63, 3.8) is 0 Å². The molecule has 4 nitrogen and oxygen atoms in total. The van der Waals surface area contributed by atoms with Crippen molar-refractivity contribution in [2.45, 2.75) is 58.2 Å². The van der Waals surface area contributed by atoms with Crippen molar-refractivity contribution in [2.75, 3.05) is 13.6 Å². The van der Waals surface area contributed by atoms with Crippen LogP contribution in [0.25, 0.3) is 0 Å². The van der Waals surface area contributed by atoms with E-state index in [1.54, 1.807) is 4.90 Å². The number of allylic oxidation sites excluding steroid dienone is 1. The minimum atomic E-state index is -0.905. The molecular formula is C15H23BFNO3. The first-order valence-electron chi connectivity index (χ1n) is 7.52. The standard InChI is InChI=1S/C15H23BFNO3/c1-13(2)14(3,4)21-16(20-13)12(17)10-6-15(7-10)8-11(19)18(5)9-15/h6-9H2,1-5H3. The van der Waals surface area contributed by atoms with E-state index in [4.69, 9.17) is 9.31 Å². The van der Waals surface area contributed by atoms with Crippen molar-refractivity contribution in [2.24, 2.45) is 5.41 Å². The van der Waals surface area contributed by atoms with Crippen LogP contribution in [-0.4, -0.2) is 42.7 Å². The molecule has 0 aromatic carbocycles. The van der Waals surface area contributed by atoms with Crippen LogP contribution in [0.15, 0.2) is 11.3 Å². The maximum atomic E-state index is 14.6. The van der Waals surface area contributed by atoms with Gasteiger partial charge in [0.15, 0.2) is 0 Å². The third-order valence-corrected chi connectivity index (χ3v) is 5.50. The Hall–Kier alpha value is -0.875. The predicted molar refractivity (Wildman–Crippen MR) is 78.1 cm³/mol. The van der Waals surface area contributed by atoms with E-state index < -0.39 is 18.3 Å². The molecule has 0 bridgehead atoms. The Kier molecular flexibility index (Phi) is 3.10. The number of rotatable bonds is 1. The summed E-state index contributed by atoms with van der Waals surface area (Å²) in [6.45, 7) is 8.39. The summed E-state index contributed by atoms with van der Waals surface area (Å²) in [5, 5.41) is 0. The average Bonchev–Trinajstić information content (AvgIpc) is 2.71. The lowest BCUT2D eigenvalue weighted by Crippen LogP contribution is -2.41. The molecule has 1 saturated carbocycles. The van der Waals surface area contributed by atoms with Crippen molar-refractivity contribution < 1.29 is 18.5 Å². The Labute approximate surface area is 125 Å². The Bertz CT molecular complexity index is 505. The van der Waals surface area contributed by atoms with E-state index in [1.165, 1.54) is 0 Å². The molecule has 1 aliphatic carbocycles. The zero-order valence-corrected chi connectivity index (χ0v) is 13.5. The summed E-state index contributed by atoms with van der Waals surface area (Å²) in [5.41, 5.74) is -0.652. The molecule has 3 rings (SSSR count). The van der Waals surface area contributed by atoms with Gasteiger partial charge in [-0.05, 0) is 46.1 Å². The summed E-state index contributed by atoms with van der Waals surface area (Å²) in [7, 11) is 0.904. The Morgan fingerprint density at radius 2 is 1.67 bits per heavy atom. The molecule has 1 spiro atoms. The molecule has 21 heavy (non-hydrogen) atoms. The highest BCUT2D eigenvalue weighted by Gasteiger charge is 2.56. The number of hydrogen-bond acceptors (Lipinski definition) is 3. The molecule has 0 radical (unpaired) electrons. The highest BCUT2D eigenvalue weighted by molar-refractivity contribution is 6.53. The van der Waals surface area contributed by atoms with E-state index in [-0.39, 0.29) is 17.0 Å². The van der Waals surface area contributed by atoms with Crippen LogP contribution in [0.4, 0.5) is 4.39 Å². The first-order valence-corrected chi connectivity index (χ1v) is 7.52. The van der Waals surface area contributed by atoms with Crippen molar-refractivity contribution in [3.05, 3.63) is 11.3 Å². The average molecular weight is 295 g/mol. The van der Waals surface area contributed by atoms with Gasteiger partial charge in [0.25, 0.3) is 0 Å². The van der Waals surface area contributed by atoms with E-state index in [0.717, 1.165) is 12.1 Å². The third-order valence-electron chi connectivity index (χ3n) is 5.50. The molecule has 3 fully saturated rings. The van der Waals surface area contributed by atoms with Gasteiger partial charge in [-0.2, -0.15) is 0 Å². The number of carbonyl (C=O) groups excluding carboxylic acids is 1. The molecule has 2 saturated heterocycles. The molecular weight excluding hydrogens is 272 g/mol. The fraction of sp³-hybridized carbons (Fsp3) is 0.800. The lowest BCUT2D eigenvalue weighted by atomic mass is 9.62. The van der Waals surface area contributed by atoms with Gasteiger partial charge in [-0.1, -0.05) is 0 Å². The molecule has 116 valence electrons. The highest BCUT2D eigenvalue weighted by atomic mass is 19.1. The largest absolute Gasteiger partial charge is 0.525 e. The quantitative estimate of drug-likeness (QED) is 0.698. The van der Waals surface area contributed by atoms with Crippen LogP contribution in [0.5, 0.6) is 0 Å². The van der Waals surface area contributed by atoms with Crippen molar-refractivity contribution >= 4 is 13.0 Å². The van der Waals surface area contributed by atoms with Crippen LogP contribution >= 0.6 is 0 Å². The molecule has 2 aliphatic heterocycles. The van der Waals surface area contributed by atoms with E-state index in [9.17, 15) is 9.18 Å². The normalized spacial score (nSPS) is 33.8. The molecule has 1 amide bonds. The minimum absolute atomic E-state index is 0.0534. The smallest absolute Gasteiger partial charge is 0.398 e. The lowest BCUT2D eigenvalue weighted by Gasteiger charge is -2.40. The SMILES string of the molecule is CN1CC2(CC1=O)CC(=C(F)B1OC(C)(C)C(C)(C)O1)C2. The van der Waals surface area contributed by atoms with E-state index >= 15 is 0 Å². The summed E-state index contributed by atoms with van der Waals surface area (Å²) in [6, 6.07) is 0.